The standard InChI is InChI=1S/C21H30FN3O2/c1-14(2)19-18(16-9-6-5-7-10-16)25-21(4,20(26)27-19)12-8-11-17(22)13-24-15(3)23/h5-7,9-11,14,19-20,26H,8,12-13H2,1-4H3,(H2,23,24)/b17-11+/t19-,20?,21+/m1/s1. The first-order chi connectivity index (χ1) is 12.7. The molecule has 0 amide bonds. The highest BCUT2D eigenvalue weighted by Gasteiger charge is 2.42. The van der Waals surface area contributed by atoms with Gasteiger partial charge in [0.1, 0.15) is 17.5 Å². The van der Waals surface area contributed by atoms with Gasteiger partial charge in [-0.05, 0) is 38.2 Å². The van der Waals surface area contributed by atoms with Crippen LogP contribution in [0, 0.1) is 5.92 Å². The van der Waals surface area contributed by atoms with E-state index in [4.69, 9.17) is 15.5 Å². The summed E-state index contributed by atoms with van der Waals surface area (Å²) in [4.78, 5) is 8.73. The SMILES string of the molecule is CC(N)=NC/C(F)=C\CC[C@]1(C)N=C(c2ccccc2)[C@@H](C(C)C)OC1O. The molecule has 1 aromatic carbocycles. The van der Waals surface area contributed by atoms with Crippen LogP contribution in [-0.4, -0.2) is 41.1 Å². The van der Waals surface area contributed by atoms with Crippen LogP contribution in [0.15, 0.2) is 52.2 Å². The number of ether oxygens (including phenoxy) is 1. The highest BCUT2D eigenvalue weighted by atomic mass is 19.1. The van der Waals surface area contributed by atoms with E-state index in [2.05, 4.69) is 4.99 Å². The Morgan fingerprint density at radius 1 is 1.41 bits per heavy atom. The number of halogens is 1. The lowest BCUT2D eigenvalue weighted by Crippen LogP contribution is -2.51. The van der Waals surface area contributed by atoms with Gasteiger partial charge in [-0.2, -0.15) is 0 Å². The number of hydrogen-bond donors (Lipinski definition) is 2. The van der Waals surface area contributed by atoms with Gasteiger partial charge in [-0.25, -0.2) is 4.39 Å². The Labute approximate surface area is 160 Å². The minimum absolute atomic E-state index is 0.0634. The second-order valence-electron chi connectivity index (χ2n) is 7.52. The molecule has 1 aromatic rings. The third-order valence-electron chi connectivity index (χ3n) is 4.62. The molecule has 0 fully saturated rings. The third kappa shape index (κ3) is 5.71. The molecule has 2 rings (SSSR count). The molecule has 0 bridgehead atoms. The molecule has 3 N–H and O–H groups in total. The maximum absolute atomic E-state index is 13.8. The maximum Gasteiger partial charge on any atom is 0.180 e. The fraction of sp³-hybridized carbons (Fsp3) is 0.524. The van der Waals surface area contributed by atoms with Gasteiger partial charge in [0.2, 0.25) is 0 Å². The van der Waals surface area contributed by atoms with Crippen LogP contribution in [0.1, 0.15) is 46.1 Å². The summed E-state index contributed by atoms with van der Waals surface area (Å²) in [5.41, 5.74) is 6.38. The Bertz CT molecular complexity index is 711. The summed E-state index contributed by atoms with van der Waals surface area (Å²) < 4.78 is 19.8. The monoisotopic (exact) mass is 375 g/mol. The van der Waals surface area contributed by atoms with Gasteiger partial charge in [0.05, 0.1) is 18.1 Å². The zero-order chi connectivity index (χ0) is 20.0. The molecule has 6 heteroatoms. The van der Waals surface area contributed by atoms with Crippen LogP contribution in [0.2, 0.25) is 0 Å². The van der Waals surface area contributed by atoms with Crippen molar-refractivity contribution in [1.82, 2.24) is 0 Å². The summed E-state index contributed by atoms with van der Waals surface area (Å²) in [5.74, 6) is 0.165. The molecule has 148 valence electrons. The Hall–Kier alpha value is -2.05. The van der Waals surface area contributed by atoms with Crippen molar-refractivity contribution in [2.75, 3.05) is 6.54 Å². The zero-order valence-corrected chi connectivity index (χ0v) is 16.5. The predicted molar refractivity (Wildman–Crippen MR) is 108 cm³/mol. The molecule has 0 aromatic heterocycles. The van der Waals surface area contributed by atoms with E-state index in [1.54, 1.807) is 6.92 Å². The predicted octanol–water partition coefficient (Wildman–Crippen LogP) is 3.62. The van der Waals surface area contributed by atoms with Crippen LogP contribution >= 0.6 is 0 Å². The van der Waals surface area contributed by atoms with E-state index in [1.165, 1.54) is 6.08 Å². The van der Waals surface area contributed by atoms with Crippen LogP contribution in [-0.2, 0) is 4.74 Å². The number of amidine groups is 1. The van der Waals surface area contributed by atoms with E-state index in [9.17, 15) is 9.50 Å². The molecule has 1 aliphatic rings. The molecule has 5 nitrogen and oxygen atoms in total. The molecule has 1 aliphatic heterocycles. The highest BCUT2D eigenvalue weighted by molar-refractivity contribution is 6.04. The fourth-order valence-electron chi connectivity index (χ4n) is 3.02. The number of allylic oxidation sites excluding steroid dienone is 1. The van der Waals surface area contributed by atoms with Gasteiger partial charge in [-0.15, -0.1) is 0 Å². The van der Waals surface area contributed by atoms with Crippen LogP contribution in [0.25, 0.3) is 0 Å². The molecular formula is C21H30FN3O2. The van der Waals surface area contributed by atoms with Crippen LogP contribution in [0.3, 0.4) is 0 Å². The molecule has 27 heavy (non-hydrogen) atoms. The second kappa shape index (κ2) is 9.24. The molecule has 1 unspecified atom stereocenters. The average Bonchev–Trinajstić information content (AvgIpc) is 2.62. The van der Waals surface area contributed by atoms with E-state index in [-0.39, 0.29) is 24.4 Å². The minimum atomic E-state index is -1.04. The molecule has 0 radical (unpaired) electrons. The minimum Gasteiger partial charge on any atom is -0.388 e. The molecule has 0 aliphatic carbocycles. The average molecular weight is 375 g/mol. The summed E-state index contributed by atoms with van der Waals surface area (Å²) in [7, 11) is 0. The number of aliphatic hydroxyl groups excluding tert-OH is 1. The normalized spacial score (nSPS) is 27.0. The number of aliphatic imine (C=N–C) groups is 2. The van der Waals surface area contributed by atoms with Crippen molar-refractivity contribution in [3.05, 3.63) is 47.8 Å². The number of nitrogens with zero attached hydrogens (tertiary/aromatic N) is 2. The Kier molecular flexibility index (Phi) is 7.27. The van der Waals surface area contributed by atoms with Crippen LogP contribution in [0.4, 0.5) is 4.39 Å². The lowest BCUT2D eigenvalue weighted by Gasteiger charge is -2.40. The molecule has 0 saturated heterocycles. The number of benzene rings is 1. The van der Waals surface area contributed by atoms with Gasteiger partial charge in [0.15, 0.2) is 6.29 Å². The van der Waals surface area contributed by atoms with Gasteiger partial charge in [0.25, 0.3) is 0 Å². The van der Waals surface area contributed by atoms with E-state index < -0.39 is 11.8 Å². The Balaban J connectivity index is 2.22. The molecule has 0 saturated carbocycles. The van der Waals surface area contributed by atoms with Gasteiger partial charge in [0, 0.05) is 0 Å². The topological polar surface area (TPSA) is 80.2 Å². The number of nitrogens with two attached hydrogens (primary N) is 1. The molecule has 1 heterocycles. The van der Waals surface area contributed by atoms with Gasteiger partial charge < -0.3 is 15.6 Å². The molecule has 3 atom stereocenters. The number of aliphatic hydroxyl groups is 1. The van der Waals surface area contributed by atoms with Crippen LogP contribution in [0.5, 0.6) is 0 Å². The first-order valence-electron chi connectivity index (χ1n) is 9.32. The summed E-state index contributed by atoms with van der Waals surface area (Å²) in [6.45, 7) is 7.47. The van der Waals surface area contributed by atoms with Crippen molar-refractivity contribution in [3.63, 3.8) is 0 Å². The summed E-state index contributed by atoms with van der Waals surface area (Å²) in [5, 5.41) is 10.6. The lowest BCUT2D eigenvalue weighted by molar-refractivity contribution is -0.171. The largest absolute Gasteiger partial charge is 0.388 e. The number of hydrogen-bond acceptors (Lipinski definition) is 4. The molecular weight excluding hydrogens is 345 g/mol. The maximum atomic E-state index is 13.8. The van der Waals surface area contributed by atoms with E-state index >= 15 is 0 Å². The summed E-state index contributed by atoms with van der Waals surface area (Å²) >= 11 is 0. The highest BCUT2D eigenvalue weighted by Crippen LogP contribution is 2.33. The van der Waals surface area contributed by atoms with Gasteiger partial charge in [-0.1, -0.05) is 50.3 Å². The van der Waals surface area contributed by atoms with Gasteiger partial charge in [-0.3, -0.25) is 9.98 Å². The van der Waals surface area contributed by atoms with E-state index in [0.717, 1.165) is 11.3 Å². The first-order valence-corrected chi connectivity index (χ1v) is 9.32. The van der Waals surface area contributed by atoms with Crippen molar-refractivity contribution in [1.29, 1.82) is 0 Å². The van der Waals surface area contributed by atoms with E-state index in [1.807, 2.05) is 51.1 Å². The second-order valence-corrected chi connectivity index (χ2v) is 7.52. The quantitative estimate of drug-likeness (QED) is 0.564. The van der Waals surface area contributed by atoms with Crippen LogP contribution < -0.4 is 5.73 Å². The molecule has 0 spiro atoms. The van der Waals surface area contributed by atoms with Gasteiger partial charge >= 0.3 is 0 Å². The van der Waals surface area contributed by atoms with Crippen molar-refractivity contribution < 1.29 is 14.2 Å². The first kappa shape index (κ1) is 21.3. The fourth-order valence-corrected chi connectivity index (χ4v) is 3.02. The summed E-state index contributed by atoms with van der Waals surface area (Å²) in [6, 6.07) is 9.83. The van der Waals surface area contributed by atoms with Crippen molar-refractivity contribution in [2.24, 2.45) is 21.6 Å². The lowest BCUT2D eigenvalue weighted by atomic mass is 9.88. The smallest absolute Gasteiger partial charge is 0.180 e. The van der Waals surface area contributed by atoms with E-state index in [0.29, 0.717) is 18.7 Å². The van der Waals surface area contributed by atoms with Crippen molar-refractivity contribution in [2.45, 2.75) is 58.5 Å². The van der Waals surface area contributed by atoms with Crippen molar-refractivity contribution in [3.8, 4) is 0 Å². The zero-order valence-electron chi connectivity index (χ0n) is 16.5. The third-order valence-corrected chi connectivity index (χ3v) is 4.62. The summed E-state index contributed by atoms with van der Waals surface area (Å²) in [6.07, 6.45) is 1.01. The van der Waals surface area contributed by atoms with Crippen molar-refractivity contribution >= 4 is 11.5 Å². The Morgan fingerprint density at radius 2 is 2.07 bits per heavy atom. The number of rotatable bonds is 7. The Morgan fingerprint density at radius 3 is 2.67 bits per heavy atom.